The predicted molar refractivity (Wildman–Crippen MR) is 68.6 cm³/mol. The summed E-state index contributed by atoms with van der Waals surface area (Å²) >= 11 is 0. The van der Waals surface area contributed by atoms with Gasteiger partial charge in [-0.3, -0.25) is 4.79 Å². The Kier molecular flexibility index (Phi) is 3.62. The standard InChI is InChI=1S/C15H18O2/c1-3-17-15(16)10-13-9-8-12-6-4-5-7-14(12)11(13)2/h4-7H,3,8-10H2,1-2H3. The molecular weight excluding hydrogens is 212 g/mol. The number of carbonyl (C=O) groups excluding carboxylic acids is 1. The fourth-order valence-corrected chi connectivity index (χ4v) is 2.37. The molecule has 0 bridgehead atoms. The Morgan fingerprint density at radius 3 is 2.82 bits per heavy atom. The lowest BCUT2D eigenvalue weighted by atomic mass is 9.85. The summed E-state index contributed by atoms with van der Waals surface area (Å²) in [5.74, 6) is -0.110. The van der Waals surface area contributed by atoms with Gasteiger partial charge in [0.05, 0.1) is 13.0 Å². The molecule has 0 atom stereocenters. The number of rotatable bonds is 3. The van der Waals surface area contributed by atoms with Crippen molar-refractivity contribution in [1.82, 2.24) is 0 Å². The van der Waals surface area contributed by atoms with Crippen molar-refractivity contribution < 1.29 is 9.53 Å². The van der Waals surface area contributed by atoms with Crippen molar-refractivity contribution in [3.8, 4) is 0 Å². The van der Waals surface area contributed by atoms with Crippen LogP contribution in [0.4, 0.5) is 0 Å². The molecule has 0 N–H and O–H groups in total. The molecule has 2 rings (SSSR count). The average molecular weight is 230 g/mol. The molecule has 17 heavy (non-hydrogen) atoms. The van der Waals surface area contributed by atoms with Crippen molar-refractivity contribution in [2.24, 2.45) is 0 Å². The van der Waals surface area contributed by atoms with E-state index in [0.29, 0.717) is 13.0 Å². The summed E-state index contributed by atoms with van der Waals surface area (Å²) in [5.41, 5.74) is 5.15. The van der Waals surface area contributed by atoms with Crippen molar-refractivity contribution in [1.29, 1.82) is 0 Å². The molecule has 0 heterocycles. The van der Waals surface area contributed by atoms with E-state index in [4.69, 9.17) is 4.74 Å². The van der Waals surface area contributed by atoms with E-state index in [1.165, 1.54) is 22.3 Å². The van der Waals surface area contributed by atoms with E-state index in [0.717, 1.165) is 12.8 Å². The van der Waals surface area contributed by atoms with Crippen molar-refractivity contribution in [3.05, 3.63) is 41.0 Å². The summed E-state index contributed by atoms with van der Waals surface area (Å²) in [6.07, 6.45) is 2.44. The van der Waals surface area contributed by atoms with Gasteiger partial charge in [-0.25, -0.2) is 0 Å². The molecule has 0 spiro atoms. The number of ether oxygens (including phenoxy) is 1. The minimum atomic E-state index is -0.110. The van der Waals surface area contributed by atoms with Crippen LogP contribution in [0.2, 0.25) is 0 Å². The van der Waals surface area contributed by atoms with Crippen molar-refractivity contribution >= 4 is 11.5 Å². The maximum absolute atomic E-state index is 11.5. The maximum Gasteiger partial charge on any atom is 0.309 e. The third kappa shape index (κ3) is 2.57. The number of allylic oxidation sites excluding steroid dienone is 1. The lowest BCUT2D eigenvalue weighted by Crippen LogP contribution is -2.10. The van der Waals surface area contributed by atoms with Gasteiger partial charge in [-0.2, -0.15) is 0 Å². The second kappa shape index (κ2) is 5.17. The maximum atomic E-state index is 11.5. The minimum Gasteiger partial charge on any atom is -0.466 e. The van der Waals surface area contributed by atoms with Crippen molar-refractivity contribution in [2.45, 2.75) is 33.1 Å². The smallest absolute Gasteiger partial charge is 0.309 e. The highest BCUT2D eigenvalue weighted by Gasteiger charge is 2.17. The van der Waals surface area contributed by atoms with Crippen LogP contribution in [0.1, 0.15) is 37.8 Å². The third-order valence-corrected chi connectivity index (χ3v) is 3.31. The van der Waals surface area contributed by atoms with Crippen LogP contribution in [0.15, 0.2) is 29.8 Å². The number of hydrogen-bond acceptors (Lipinski definition) is 2. The zero-order valence-corrected chi connectivity index (χ0v) is 10.5. The number of carbonyl (C=O) groups is 1. The van der Waals surface area contributed by atoms with Gasteiger partial charge in [-0.05, 0) is 43.4 Å². The first-order valence-corrected chi connectivity index (χ1v) is 6.15. The van der Waals surface area contributed by atoms with Gasteiger partial charge in [0, 0.05) is 0 Å². The number of benzene rings is 1. The van der Waals surface area contributed by atoms with Crippen LogP contribution in [0.25, 0.3) is 5.57 Å². The summed E-state index contributed by atoms with van der Waals surface area (Å²) in [6.45, 7) is 4.41. The molecule has 1 aromatic carbocycles. The Morgan fingerprint density at radius 1 is 1.29 bits per heavy atom. The molecule has 0 unspecified atom stereocenters. The van der Waals surface area contributed by atoms with Gasteiger partial charge >= 0.3 is 5.97 Å². The Labute approximate surface area is 102 Å². The second-order valence-electron chi connectivity index (χ2n) is 4.37. The van der Waals surface area contributed by atoms with E-state index >= 15 is 0 Å². The van der Waals surface area contributed by atoms with Crippen molar-refractivity contribution in [3.63, 3.8) is 0 Å². The van der Waals surface area contributed by atoms with E-state index in [9.17, 15) is 4.79 Å². The van der Waals surface area contributed by atoms with Crippen LogP contribution in [0.5, 0.6) is 0 Å². The Hall–Kier alpha value is -1.57. The fraction of sp³-hybridized carbons (Fsp3) is 0.400. The molecule has 2 heteroatoms. The van der Waals surface area contributed by atoms with Crippen LogP contribution >= 0.6 is 0 Å². The third-order valence-electron chi connectivity index (χ3n) is 3.31. The van der Waals surface area contributed by atoms with Crippen molar-refractivity contribution in [2.75, 3.05) is 6.61 Å². The lowest BCUT2D eigenvalue weighted by Gasteiger charge is -2.20. The first-order chi connectivity index (χ1) is 8.22. The fourth-order valence-electron chi connectivity index (χ4n) is 2.37. The summed E-state index contributed by atoms with van der Waals surface area (Å²) in [7, 11) is 0. The van der Waals surface area contributed by atoms with Crippen LogP contribution in [0, 0.1) is 0 Å². The Balaban J connectivity index is 2.22. The van der Waals surface area contributed by atoms with Gasteiger partial charge in [-0.1, -0.05) is 29.8 Å². The monoisotopic (exact) mass is 230 g/mol. The molecule has 0 fully saturated rings. The van der Waals surface area contributed by atoms with Gasteiger partial charge in [0.2, 0.25) is 0 Å². The highest BCUT2D eigenvalue weighted by Crippen LogP contribution is 2.32. The Morgan fingerprint density at radius 2 is 2.06 bits per heavy atom. The summed E-state index contributed by atoms with van der Waals surface area (Å²) in [4.78, 5) is 11.5. The number of esters is 1. The zero-order valence-electron chi connectivity index (χ0n) is 10.5. The molecule has 0 aliphatic heterocycles. The molecule has 1 aliphatic rings. The number of aryl methyl sites for hydroxylation is 1. The highest BCUT2D eigenvalue weighted by molar-refractivity contribution is 5.79. The van der Waals surface area contributed by atoms with Crippen LogP contribution in [-0.2, 0) is 16.0 Å². The quantitative estimate of drug-likeness (QED) is 0.744. The molecule has 1 aliphatic carbocycles. The van der Waals surface area contributed by atoms with Crippen LogP contribution in [-0.4, -0.2) is 12.6 Å². The van der Waals surface area contributed by atoms with E-state index in [2.05, 4.69) is 31.2 Å². The zero-order chi connectivity index (χ0) is 12.3. The first-order valence-electron chi connectivity index (χ1n) is 6.15. The Bertz CT molecular complexity index is 458. The summed E-state index contributed by atoms with van der Waals surface area (Å²) in [6, 6.07) is 8.42. The molecule has 1 aromatic rings. The molecule has 0 amide bonds. The molecule has 0 aromatic heterocycles. The molecule has 0 radical (unpaired) electrons. The van der Waals surface area contributed by atoms with E-state index in [1.54, 1.807) is 0 Å². The highest BCUT2D eigenvalue weighted by atomic mass is 16.5. The van der Waals surface area contributed by atoms with E-state index in [1.807, 2.05) is 6.92 Å². The largest absolute Gasteiger partial charge is 0.466 e. The van der Waals surface area contributed by atoms with Crippen LogP contribution < -0.4 is 0 Å². The normalized spacial score (nSPS) is 14.5. The van der Waals surface area contributed by atoms with E-state index < -0.39 is 0 Å². The van der Waals surface area contributed by atoms with Gasteiger partial charge in [0.1, 0.15) is 0 Å². The number of hydrogen-bond donors (Lipinski definition) is 0. The molecule has 2 nitrogen and oxygen atoms in total. The topological polar surface area (TPSA) is 26.3 Å². The van der Waals surface area contributed by atoms with Gasteiger partial charge in [0.25, 0.3) is 0 Å². The lowest BCUT2D eigenvalue weighted by molar-refractivity contribution is -0.142. The molecule has 0 saturated heterocycles. The van der Waals surface area contributed by atoms with Crippen LogP contribution in [0.3, 0.4) is 0 Å². The van der Waals surface area contributed by atoms with Gasteiger partial charge in [0.15, 0.2) is 0 Å². The average Bonchev–Trinajstić information content (AvgIpc) is 2.33. The summed E-state index contributed by atoms with van der Waals surface area (Å²) in [5, 5.41) is 0. The first kappa shape index (κ1) is 11.9. The second-order valence-corrected chi connectivity index (χ2v) is 4.37. The number of fused-ring (bicyclic) bond motifs is 1. The SMILES string of the molecule is CCOC(=O)CC1=C(C)c2ccccc2CC1. The predicted octanol–water partition coefficient (Wildman–Crippen LogP) is 3.36. The van der Waals surface area contributed by atoms with Gasteiger partial charge < -0.3 is 4.74 Å². The molecule has 0 saturated carbocycles. The molecular formula is C15H18O2. The summed E-state index contributed by atoms with van der Waals surface area (Å²) < 4.78 is 5.01. The van der Waals surface area contributed by atoms with E-state index in [-0.39, 0.29) is 5.97 Å². The minimum absolute atomic E-state index is 0.110. The molecule has 90 valence electrons. The van der Waals surface area contributed by atoms with Gasteiger partial charge in [-0.15, -0.1) is 0 Å².